The van der Waals surface area contributed by atoms with Crippen LogP contribution in [-0.2, 0) is 0 Å². The molecule has 0 aliphatic heterocycles. The number of pyridine rings is 1. The first kappa shape index (κ1) is 28.9. The fourth-order valence-electron chi connectivity index (χ4n) is 2.61. The number of aromatic amines is 1. The third-order valence-electron chi connectivity index (χ3n) is 4.00. The number of aromatic nitrogens is 2. The summed E-state index contributed by atoms with van der Waals surface area (Å²) >= 11 is 11.7. The summed E-state index contributed by atoms with van der Waals surface area (Å²) in [4.78, 5) is 19.2. The van der Waals surface area contributed by atoms with Crippen molar-refractivity contribution in [2.24, 2.45) is 0 Å². The zero-order valence-electron chi connectivity index (χ0n) is 18.3. The van der Waals surface area contributed by atoms with E-state index in [0.29, 0.717) is 22.8 Å². The van der Waals surface area contributed by atoms with Crippen molar-refractivity contribution in [3.05, 3.63) is 69.5 Å². The van der Waals surface area contributed by atoms with Gasteiger partial charge < -0.3 is 21.1 Å². The molecule has 0 unspecified atom stereocenters. The molecule has 32 heavy (non-hydrogen) atoms. The summed E-state index contributed by atoms with van der Waals surface area (Å²) < 4.78 is 14.2. The SMILES string of the molecule is C#C.CO.C\C=C(/C=C\C=C(/C)Cl)CNC(=O)c1[nH]c(C)c(-c2cc(Cl)ncc2F)c1N. The molecule has 1 amide bonds. The van der Waals surface area contributed by atoms with Crippen LogP contribution in [0.1, 0.15) is 30.0 Å². The Morgan fingerprint density at radius 3 is 2.59 bits per heavy atom. The fraction of sp³-hybridized carbons (Fsp3) is 0.217. The monoisotopic (exact) mass is 480 g/mol. The van der Waals surface area contributed by atoms with E-state index >= 15 is 0 Å². The first-order valence-electron chi connectivity index (χ1n) is 9.26. The lowest BCUT2D eigenvalue weighted by atomic mass is 10.1. The average molecular weight is 481 g/mol. The molecule has 0 saturated carbocycles. The number of hydrogen-bond donors (Lipinski definition) is 4. The van der Waals surface area contributed by atoms with Gasteiger partial charge >= 0.3 is 0 Å². The van der Waals surface area contributed by atoms with Crippen molar-refractivity contribution in [1.82, 2.24) is 15.3 Å². The predicted octanol–water partition coefficient (Wildman–Crippen LogP) is 4.99. The van der Waals surface area contributed by atoms with Crippen LogP contribution in [0.4, 0.5) is 10.1 Å². The number of allylic oxidation sites excluding steroid dienone is 4. The van der Waals surface area contributed by atoms with Crippen molar-refractivity contribution in [2.75, 3.05) is 19.4 Å². The number of terminal acetylenes is 1. The van der Waals surface area contributed by atoms with Crippen molar-refractivity contribution >= 4 is 34.8 Å². The Kier molecular flexibility index (Phi) is 13.5. The van der Waals surface area contributed by atoms with Crippen molar-refractivity contribution in [3.8, 4) is 24.0 Å². The second-order valence-corrected chi connectivity index (χ2v) is 7.04. The maximum atomic E-state index is 14.2. The predicted molar refractivity (Wildman–Crippen MR) is 131 cm³/mol. The number of aryl methyl sites for hydroxylation is 1. The number of aliphatic hydroxyl groups is 1. The zero-order chi connectivity index (χ0) is 24.8. The van der Waals surface area contributed by atoms with Crippen LogP contribution < -0.4 is 11.1 Å². The molecule has 0 saturated heterocycles. The van der Waals surface area contributed by atoms with E-state index in [1.807, 2.05) is 19.1 Å². The highest BCUT2D eigenvalue weighted by atomic mass is 35.5. The molecule has 0 spiro atoms. The molecule has 2 aromatic rings. The van der Waals surface area contributed by atoms with Gasteiger partial charge in [0.05, 0.1) is 11.9 Å². The van der Waals surface area contributed by atoms with Crippen LogP contribution in [0, 0.1) is 25.6 Å². The van der Waals surface area contributed by atoms with Gasteiger partial charge in [0.25, 0.3) is 5.91 Å². The van der Waals surface area contributed by atoms with Crippen molar-refractivity contribution in [3.63, 3.8) is 0 Å². The first-order valence-corrected chi connectivity index (χ1v) is 10.0. The van der Waals surface area contributed by atoms with E-state index in [2.05, 4.69) is 28.1 Å². The van der Waals surface area contributed by atoms with Gasteiger partial charge in [-0.3, -0.25) is 4.79 Å². The number of H-pyrrole nitrogens is 1. The summed E-state index contributed by atoms with van der Waals surface area (Å²) in [5.41, 5.74) is 8.46. The molecule has 0 aliphatic carbocycles. The van der Waals surface area contributed by atoms with Crippen molar-refractivity contribution in [1.29, 1.82) is 0 Å². The van der Waals surface area contributed by atoms with Crippen LogP contribution in [0.15, 0.2) is 47.2 Å². The minimum atomic E-state index is -0.575. The summed E-state index contributed by atoms with van der Waals surface area (Å²) in [5.74, 6) is -0.974. The summed E-state index contributed by atoms with van der Waals surface area (Å²) in [6.07, 6.45) is 16.3. The standard InChI is InChI=1S/C20H21Cl2FN4O.C2H2.CH4O/c1-4-13(7-5-6-11(2)21)9-26-20(28)19-18(24)17(12(3)27-19)14-8-16(22)25-10-15(14)23;2*1-2/h4-8,10,27H,9,24H2,1-3H3,(H,26,28);1-2H;2H,1H3/b7-5-,11-6+,13-4+;;. The van der Waals surface area contributed by atoms with Crippen LogP contribution in [0.5, 0.6) is 0 Å². The van der Waals surface area contributed by atoms with E-state index < -0.39 is 11.7 Å². The van der Waals surface area contributed by atoms with Crippen LogP contribution in [0.3, 0.4) is 0 Å². The number of rotatable bonds is 6. The maximum Gasteiger partial charge on any atom is 0.270 e. The lowest BCUT2D eigenvalue weighted by Gasteiger charge is -2.07. The number of nitrogens with one attached hydrogen (secondary N) is 2. The van der Waals surface area contributed by atoms with Gasteiger partial charge in [-0.2, -0.15) is 0 Å². The van der Waals surface area contributed by atoms with E-state index in [4.69, 9.17) is 34.0 Å². The Bertz CT molecular complexity index is 1020. The number of hydrogen-bond acceptors (Lipinski definition) is 4. The van der Waals surface area contributed by atoms with Crippen LogP contribution in [0.2, 0.25) is 5.15 Å². The second kappa shape index (κ2) is 14.9. The molecule has 0 aliphatic rings. The smallest absolute Gasteiger partial charge is 0.270 e. The molecule has 9 heteroatoms. The zero-order valence-corrected chi connectivity index (χ0v) is 19.9. The molecule has 2 heterocycles. The van der Waals surface area contributed by atoms with Crippen molar-refractivity contribution < 1.29 is 14.3 Å². The normalized spacial score (nSPS) is 11.3. The Balaban J connectivity index is 0.00000227. The highest BCUT2D eigenvalue weighted by molar-refractivity contribution is 6.29. The Labute approximate surface area is 198 Å². The number of nitrogens with zero attached hydrogens (tertiary/aromatic N) is 1. The molecule has 6 nitrogen and oxygen atoms in total. The molecule has 0 aromatic carbocycles. The first-order chi connectivity index (χ1) is 15.2. The van der Waals surface area contributed by atoms with Gasteiger partial charge in [0.1, 0.15) is 16.7 Å². The van der Waals surface area contributed by atoms with Gasteiger partial charge in [-0.15, -0.1) is 12.8 Å². The third-order valence-corrected chi connectivity index (χ3v) is 4.34. The van der Waals surface area contributed by atoms with Gasteiger partial charge in [0.2, 0.25) is 0 Å². The highest BCUT2D eigenvalue weighted by Gasteiger charge is 2.21. The molecular formula is C23H27Cl2FN4O2. The van der Waals surface area contributed by atoms with Gasteiger partial charge in [-0.05, 0) is 38.5 Å². The Morgan fingerprint density at radius 2 is 2.03 bits per heavy atom. The Hall–Kier alpha value is -3.05. The molecule has 5 N–H and O–H groups in total. The number of carbonyl (C=O) groups excluding carboxylic acids is 1. The minimum absolute atomic E-state index is 0.133. The summed E-state index contributed by atoms with van der Waals surface area (Å²) in [7, 11) is 1.00. The van der Waals surface area contributed by atoms with Gasteiger partial charge in [-0.1, -0.05) is 41.4 Å². The van der Waals surface area contributed by atoms with E-state index in [9.17, 15) is 9.18 Å². The molecule has 172 valence electrons. The van der Waals surface area contributed by atoms with Gasteiger partial charge in [0, 0.05) is 35.5 Å². The van der Waals surface area contributed by atoms with Crippen LogP contribution in [0.25, 0.3) is 11.1 Å². The summed E-state index contributed by atoms with van der Waals surface area (Å²) in [5, 5.41) is 10.6. The van der Waals surface area contributed by atoms with Gasteiger partial charge in [0.15, 0.2) is 0 Å². The average Bonchev–Trinajstić information content (AvgIpc) is 3.08. The summed E-state index contributed by atoms with van der Waals surface area (Å²) in [6, 6.07) is 1.38. The van der Waals surface area contributed by atoms with Crippen LogP contribution in [-0.4, -0.2) is 34.6 Å². The number of nitrogen functional groups attached to an aromatic ring is 1. The topological polar surface area (TPSA) is 104 Å². The second-order valence-electron chi connectivity index (χ2n) is 6.06. The molecule has 2 rings (SSSR count). The van der Waals surface area contributed by atoms with E-state index in [0.717, 1.165) is 18.9 Å². The number of nitrogens with two attached hydrogens (primary N) is 1. The van der Waals surface area contributed by atoms with Gasteiger partial charge in [-0.25, -0.2) is 9.37 Å². The molecular weight excluding hydrogens is 454 g/mol. The summed E-state index contributed by atoms with van der Waals surface area (Å²) in [6.45, 7) is 5.64. The number of halogens is 3. The van der Waals surface area contributed by atoms with E-state index in [1.165, 1.54) is 6.07 Å². The molecule has 0 bridgehead atoms. The number of aliphatic hydroxyl groups excluding tert-OH is 1. The largest absolute Gasteiger partial charge is 0.400 e. The molecule has 0 atom stereocenters. The number of amides is 1. The minimum Gasteiger partial charge on any atom is -0.400 e. The Morgan fingerprint density at radius 1 is 1.41 bits per heavy atom. The quantitative estimate of drug-likeness (QED) is 0.265. The van der Waals surface area contributed by atoms with Crippen molar-refractivity contribution in [2.45, 2.75) is 20.8 Å². The highest BCUT2D eigenvalue weighted by Crippen LogP contribution is 2.34. The maximum absolute atomic E-state index is 14.2. The molecule has 0 fully saturated rings. The van der Waals surface area contributed by atoms with Crippen LogP contribution >= 0.6 is 23.2 Å². The van der Waals surface area contributed by atoms with E-state index in [1.54, 1.807) is 26.0 Å². The molecule has 0 radical (unpaired) electrons. The third kappa shape index (κ3) is 8.23. The number of anilines is 1. The van der Waals surface area contributed by atoms with E-state index in [-0.39, 0.29) is 22.1 Å². The lowest BCUT2D eigenvalue weighted by molar-refractivity contribution is 0.0953. The molecule has 2 aromatic heterocycles. The number of carbonyl (C=O) groups is 1. The fourth-order valence-corrected chi connectivity index (χ4v) is 2.84. The lowest BCUT2D eigenvalue weighted by Crippen LogP contribution is -2.26.